The number of esters is 1. The van der Waals surface area contributed by atoms with Crippen molar-refractivity contribution in [1.82, 2.24) is 10.2 Å². The maximum absolute atomic E-state index is 11.6. The Morgan fingerprint density at radius 1 is 1.20 bits per heavy atom. The van der Waals surface area contributed by atoms with E-state index in [-0.39, 0.29) is 24.7 Å². The van der Waals surface area contributed by atoms with Gasteiger partial charge in [0, 0.05) is 32.6 Å². The average Bonchev–Trinajstić information content (AvgIpc) is 2.36. The van der Waals surface area contributed by atoms with E-state index >= 15 is 0 Å². The summed E-state index contributed by atoms with van der Waals surface area (Å²) in [7, 11) is 0. The molecule has 0 spiro atoms. The Labute approximate surface area is 120 Å². The van der Waals surface area contributed by atoms with Crippen LogP contribution in [0.25, 0.3) is 0 Å². The number of nitrogens with one attached hydrogen (secondary N) is 1. The highest BCUT2D eigenvalue weighted by Gasteiger charge is 2.17. The van der Waals surface area contributed by atoms with Gasteiger partial charge >= 0.3 is 5.97 Å². The Hall–Kier alpha value is -1.14. The number of morpholine rings is 1. The fourth-order valence-corrected chi connectivity index (χ4v) is 1.87. The maximum atomic E-state index is 11.6. The molecule has 6 heteroatoms. The molecule has 0 aromatic carbocycles. The Kier molecular flexibility index (Phi) is 6.95. The van der Waals surface area contributed by atoms with Gasteiger partial charge in [0.2, 0.25) is 5.91 Å². The first-order valence-corrected chi connectivity index (χ1v) is 7.15. The third-order valence-electron chi connectivity index (χ3n) is 2.83. The number of ether oxygens (including phenoxy) is 2. The molecule has 1 heterocycles. The number of rotatable bonds is 6. The molecular weight excluding hydrogens is 260 g/mol. The third kappa shape index (κ3) is 8.12. The second-order valence-corrected chi connectivity index (χ2v) is 5.89. The predicted molar refractivity (Wildman–Crippen MR) is 75.3 cm³/mol. The molecule has 0 atom stereocenters. The molecule has 0 unspecified atom stereocenters. The topological polar surface area (TPSA) is 67.9 Å². The highest BCUT2D eigenvalue weighted by molar-refractivity contribution is 5.81. The first-order valence-electron chi connectivity index (χ1n) is 7.15. The second kappa shape index (κ2) is 8.21. The molecule has 1 saturated heterocycles. The Morgan fingerprint density at radius 3 is 2.45 bits per heavy atom. The van der Waals surface area contributed by atoms with Crippen LogP contribution < -0.4 is 5.32 Å². The van der Waals surface area contributed by atoms with Crippen LogP contribution in [-0.2, 0) is 19.1 Å². The molecule has 0 aromatic heterocycles. The van der Waals surface area contributed by atoms with Crippen molar-refractivity contribution in [3.05, 3.63) is 0 Å². The van der Waals surface area contributed by atoms with Crippen LogP contribution in [0.3, 0.4) is 0 Å². The molecule has 0 radical (unpaired) electrons. The van der Waals surface area contributed by atoms with Crippen LogP contribution in [0.15, 0.2) is 0 Å². The second-order valence-electron chi connectivity index (χ2n) is 5.89. The van der Waals surface area contributed by atoms with Crippen LogP contribution in [0.1, 0.15) is 33.6 Å². The monoisotopic (exact) mass is 286 g/mol. The lowest BCUT2D eigenvalue weighted by Gasteiger charge is -2.26. The number of hydrogen-bond donors (Lipinski definition) is 1. The van der Waals surface area contributed by atoms with Gasteiger partial charge in [-0.3, -0.25) is 14.5 Å². The largest absolute Gasteiger partial charge is 0.460 e. The summed E-state index contributed by atoms with van der Waals surface area (Å²) in [6.45, 7) is 10.2. The minimum atomic E-state index is -0.496. The van der Waals surface area contributed by atoms with Crippen LogP contribution in [0.5, 0.6) is 0 Å². The quantitative estimate of drug-likeness (QED) is 0.723. The van der Waals surface area contributed by atoms with Gasteiger partial charge in [-0.05, 0) is 20.8 Å². The zero-order valence-corrected chi connectivity index (χ0v) is 12.7. The number of hydrogen-bond acceptors (Lipinski definition) is 5. The smallest absolute Gasteiger partial charge is 0.306 e. The molecule has 0 aromatic rings. The van der Waals surface area contributed by atoms with Crippen molar-refractivity contribution < 1.29 is 19.1 Å². The van der Waals surface area contributed by atoms with E-state index in [9.17, 15) is 9.59 Å². The SMILES string of the molecule is CC(C)(C)OC(=O)CCC(=O)NCCN1CCOCC1. The first kappa shape index (κ1) is 16.9. The van der Waals surface area contributed by atoms with E-state index < -0.39 is 5.60 Å². The minimum Gasteiger partial charge on any atom is -0.460 e. The van der Waals surface area contributed by atoms with E-state index in [0.717, 1.165) is 32.8 Å². The van der Waals surface area contributed by atoms with Gasteiger partial charge < -0.3 is 14.8 Å². The van der Waals surface area contributed by atoms with Gasteiger partial charge in [-0.2, -0.15) is 0 Å². The molecule has 0 bridgehead atoms. The van der Waals surface area contributed by atoms with Crippen molar-refractivity contribution in [1.29, 1.82) is 0 Å². The highest BCUT2D eigenvalue weighted by atomic mass is 16.6. The lowest BCUT2D eigenvalue weighted by atomic mass is 10.2. The van der Waals surface area contributed by atoms with Gasteiger partial charge in [-0.1, -0.05) is 0 Å². The summed E-state index contributed by atoms with van der Waals surface area (Å²) in [6, 6.07) is 0. The molecule has 0 aliphatic carbocycles. The molecule has 1 N–H and O–H groups in total. The number of nitrogens with zero attached hydrogens (tertiary/aromatic N) is 1. The molecule has 6 nitrogen and oxygen atoms in total. The maximum Gasteiger partial charge on any atom is 0.306 e. The van der Waals surface area contributed by atoms with Crippen LogP contribution >= 0.6 is 0 Å². The summed E-state index contributed by atoms with van der Waals surface area (Å²) in [5.41, 5.74) is -0.496. The summed E-state index contributed by atoms with van der Waals surface area (Å²) in [5, 5.41) is 2.82. The van der Waals surface area contributed by atoms with Crippen molar-refractivity contribution in [3.63, 3.8) is 0 Å². The average molecular weight is 286 g/mol. The minimum absolute atomic E-state index is 0.107. The summed E-state index contributed by atoms with van der Waals surface area (Å²) in [5.74, 6) is -0.440. The van der Waals surface area contributed by atoms with Crippen LogP contribution in [-0.4, -0.2) is 61.8 Å². The normalized spacial score (nSPS) is 16.8. The van der Waals surface area contributed by atoms with E-state index in [1.54, 1.807) is 0 Å². The van der Waals surface area contributed by atoms with Gasteiger partial charge in [0.25, 0.3) is 0 Å². The fourth-order valence-electron chi connectivity index (χ4n) is 1.87. The Bertz CT molecular complexity index is 320. The van der Waals surface area contributed by atoms with E-state index in [1.165, 1.54) is 0 Å². The zero-order chi connectivity index (χ0) is 15.0. The van der Waals surface area contributed by atoms with E-state index in [0.29, 0.717) is 6.54 Å². The fraction of sp³-hybridized carbons (Fsp3) is 0.857. The van der Waals surface area contributed by atoms with Crippen molar-refractivity contribution in [3.8, 4) is 0 Å². The Balaban J connectivity index is 2.06. The molecule has 0 saturated carbocycles. The third-order valence-corrected chi connectivity index (χ3v) is 2.83. The molecule has 1 aliphatic rings. The Morgan fingerprint density at radius 2 is 1.85 bits per heavy atom. The van der Waals surface area contributed by atoms with Gasteiger partial charge in [0.1, 0.15) is 5.60 Å². The summed E-state index contributed by atoms with van der Waals surface area (Å²) < 4.78 is 10.4. The van der Waals surface area contributed by atoms with Crippen LogP contribution in [0.4, 0.5) is 0 Å². The molecule has 20 heavy (non-hydrogen) atoms. The molecule has 1 amide bonds. The van der Waals surface area contributed by atoms with Gasteiger partial charge in [-0.25, -0.2) is 0 Å². The standard InChI is InChI=1S/C14H26N2O4/c1-14(2,3)20-13(18)5-4-12(17)15-6-7-16-8-10-19-11-9-16/h4-11H2,1-3H3,(H,15,17). The van der Waals surface area contributed by atoms with Gasteiger partial charge in [0.15, 0.2) is 0 Å². The lowest BCUT2D eigenvalue weighted by Crippen LogP contribution is -2.41. The van der Waals surface area contributed by atoms with Crippen molar-refractivity contribution in [2.75, 3.05) is 39.4 Å². The van der Waals surface area contributed by atoms with Crippen molar-refractivity contribution in [2.24, 2.45) is 0 Å². The lowest BCUT2D eigenvalue weighted by molar-refractivity contribution is -0.155. The molecule has 1 rings (SSSR count). The van der Waals surface area contributed by atoms with E-state index in [2.05, 4.69) is 10.2 Å². The number of carbonyl (C=O) groups excluding carboxylic acids is 2. The summed E-state index contributed by atoms with van der Waals surface area (Å²) in [4.78, 5) is 25.3. The summed E-state index contributed by atoms with van der Waals surface area (Å²) in [6.07, 6.45) is 0.304. The number of amides is 1. The van der Waals surface area contributed by atoms with E-state index in [1.807, 2.05) is 20.8 Å². The van der Waals surface area contributed by atoms with Crippen LogP contribution in [0, 0.1) is 0 Å². The van der Waals surface area contributed by atoms with Gasteiger partial charge in [-0.15, -0.1) is 0 Å². The number of carbonyl (C=O) groups is 2. The van der Waals surface area contributed by atoms with Crippen molar-refractivity contribution in [2.45, 2.75) is 39.2 Å². The zero-order valence-electron chi connectivity index (χ0n) is 12.7. The highest BCUT2D eigenvalue weighted by Crippen LogP contribution is 2.08. The predicted octanol–water partition coefficient (Wildman–Crippen LogP) is 0.557. The molecule has 1 aliphatic heterocycles. The first-order chi connectivity index (χ1) is 9.37. The summed E-state index contributed by atoms with van der Waals surface area (Å²) >= 11 is 0. The molecule has 1 fully saturated rings. The van der Waals surface area contributed by atoms with Gasteiger partial charge in [0.05, 0.1) is 19.6 Å². The van der Waals surface area contributed by atoms with E-state index in [4.69, 9.17) is 9.47 Å². The van der Waals surface area contributed by atoms with Crippen LogP contribution in [0.2, 0.25) is 0 Å². The molecular formula is C14H26N2O4. The van der Waals surface area contributed by atoms with Crippen molar-refractivity contribution >= 4 is 11.9 Å². The molecule has 116 valence electrons.